The highest BCUT2D eigenvalue weighted by Gasteiger charge is 2.28. The number of nitrogens with one attached hydrogen (secondary N) is 4. The molecule has 33 heavy (non-hydrogen) atoms. The van der Waals surface area contributed by atoms with Crippen LogP contribution in [0.5, 0.6) is 0 Å². The molecule has 1 aliphatic heterocycles. The van der Waals surface area contributed by atoms with Gasteiger partial charge in [-0.1, -0.05) is 27.7 Å². The van der Waals surface area contributed by atoms with Gasteiger partial charge in [0.2, 0.25) is 11.8 Å². The molecular formula is C22H40N4O7. The predicted molar refractivity (Wildman–Crippen MR) is 121 cm³/mol. The van der Waals surface area contributed by atoms with Gasteiger partial charge in [-0.25, -0.2) is 0 Å². The van der Waals surface area contributed by atoms with Crippen molar-refractivity contribution in [2.75, 3.05) is 52.7 Å². The highest BCUT2D eigenvalue weighted by molar-refractivity contribution is 6.35. The second-order valence-corrected chi connectivity index (χ2v) is 8.73. The SMILES string of the molecule is CC(C)C[C@@H]1NC(=O)C(=O)N[C@@H](CC(C)C)C(=O)NCCOCCOCCOCCNC1=O. The van der Waals surface area contributed by atoms with Crippen LogP contribution in [0.4, 0.5) is 0 Å². The Labute approximate surface area is 196 Å². The van der Waals surface area contributed by atoms with E-state index in [4.69, 9.17) is 14.2 Å². The number of ether oxygens (including phenoxy) is 3. The van der Waals surface area contributed by atoms with Crippen molar-refractivity contribution >= 4 is 23.6 Å². The van der Waals surface area contributed by atoms with Crippen molar-refractivity contribution < 1.29 is 33.4 Å². The first-order chi connectivity index (χ1) is 15.7. The van der Waals surface area contributed by atoms with E-state index in [1.807, 2.05) is 27.7 Å². The van der Waals surface area contributed by atoms with Crippen LogP contribution >= 0.6 is 0 Å². The predicted octanol–water partition coefficient (Wildman–Crippen LogP) is -0.656. The Hall–Kier alpha value is -2.24. The molecule has 0 aromatic carbocycles. The van der Waals surface area contributed by atoms with Crippen LogP contribution in [0, 0.1) is 11.8 Å². The van der Waals surface area contributed by atoms with E-state index in [1.54, 1.807) is 0 Å². The van der Waals surface area contributed by atoms with Crippen LogP contribution in [0.15, 0.2) is 0 Å². The first-order valence-electron chi connectivity index (χ1n) is 11.6. The number of hydrogen-bond donors (Lipinski definition) is 4. The Kier molecular flexibility index (Phi) is 14.3. The molecule has 0 aliphatic carbocycles. The summed E-state index contributed by atoms with van der Waals surface area (Å²) < 4.78 is 16.2. The summed E-state index contributed by atoms with van der Waals surface area (Å²) in [5, 5.41) is 10.4. The molecule has 11 nitrogen and oxygen atoms in total. The maximum absolute atomic E-state index is 12.6. The van der Waals surface area contributed by atoms with Crippen LogP contribution in [-0.2, 0) is 33.4 Å². The van der Waals surface area contributed by atoms with Crippen LogP contribution in [-0.4, -0.2) is 88.4 Å². The smallest absolute Gasteiger partial charge is 0.309 e. The van der Waals surface area contributed by atoms with E-state index < -0.39 is 35.7 Å². The minimum absolute atomic E-state index is 0.105. The lowest BCUT2D eigenvalue weighted by atomic mass is 10.0. The van der Waals surface area contributed by atoms with E-state index in [0.717, 1.165) is 0 Å². The maximum Gasteiger partial charge on any atom is 0.309 e. The van der Waals surface area contributed by atoms with Crippen LogP contribution in [0.1, 0.15) is 40.5 Å². The second kappa shape index (κ2) is 16.4. The monoisotopic (exact) mass is 472 g/mol. The molecule has 1 rings (SSSR count). The average molecular weight is 473 g/mol. The van der Waals surface area contributed by atoms with E-state index in [9.17, 15) is 19.2 Å². The molecule has 2 atom stereocenters. The quantitative estimate of drug-likeness (QED) is 0.398. The number of carbonyl (C=O) groups is 4. The van der Waals surface area contributed by atoms with Crippen LogP contribution in [0.25, 0.3) is 0 Å². The molecule has 190 valence electrons. The zero-order valence-electron chi connectivity index (χ0n) is 20.2. The van der Waals surface area contributed by atoms with Gasteiger partial charge in [0.05, 0.1) is 39.6 Å². The Morgan fingerprint density at radius 2 is 0.970 bits per heavy atom. The minimum atomic E-state index is -0.958. The number of carbonyl (C=O) groups excluding carboxylic acids is 4. The molecule has 0 aromatic heterocycles. The standard InChI is InChI=1S/C22H40N4O7/c1-15(2)13-17-19(27)23-5-7-31-9-11-33-12-10-32-8-6-24-20(28)18(14-16(3)4)26-22(30)21(29)25-17/h15-18H,5-14H2,1-4H3,(H,23,27)(H,24,28)(H,25,29)(H,26,30)/t17-,18-/m0/s1. The molecule has 0 bridgehead atoms. The van der Waals surface area contributed by atoms with Crippen molar-refractivity contribution in [3.05, 3.63) is 0 Å². The van der Waals surface area contributed by atoms with Crippen molar-refractivity contribution in [3.63, 3.8) is 0 Å². The molecule has 4 N–H and O–H groups in total. The van der Waals surface area contributed by atoms with E-state index in [0.29, 0.717) is 52.5 Å². The molecule has 0 saturated carbocycles. The molecule has 0 radical (unpaired) electrons. The number of rotatable bonds is 4. The summed E-state index contributed by atoms with van der Waals surface area (Å²) in [7, 11) is 0. The van der Waals surface area contributed by atoms with E-state index >= 15 is 0 Å². The molecule has 11 heteroatoms. The lowest BCUT2D eigenvalue weighted by molar-refractivity contribution is -0.142. The molecular weight excluding hydrogens is 432 g/mol. The Morgan fingerprint density at radius 1 is 0.636 bits per heavy atom. The van der Waals surface area contributed by atoms with Crippen molar-refractivity contribution in [2.24, 2.45) is 11.8 Å². The summed E-state index contributed by atoms with van der Waals surface area (Å²) in [6.07, 6.45) is 0.713. The largest absolute Gasteiger partial charge is 0.377 e. The summed E-state index contributed by atoms with van der Waals surface area (Å²) in [6, 6.07) is -1.76. The van der Waals surface area contributed by atoms with Gasteiger partial charge in [-0.15, -0.1) is 0 Å². The third-order valence-electron chi connectivity index (χ3n) is 4.70. The molecule has 0 aromatic rings. The fourth-order valence-corrected chi connectivity index (χ4v) is 3.13. The summed E-state index contributed by atoms with van der Waals surface area (Å²) in [6.45, 7) is 10.3. The fourth-order valence-electron chi connectivity index (χ4n) is 3.13. The average Bonchev–Trinajstić information content (AvgIpc) is 2.74. The van der Waals surface area contributed by atoms with E-state index in [2.05, 4.69) is 21.3 Å². The topological polar surface area (TPSA) is 144 Å². The van der Waals surface area contributed by atoms with Crippen LogP contribution in [0.2, 0.25) is 0 Å². The molecule has 0 unspecified atom stereocenters. The van der Waals surface area contributed by atoms with E-state index in [1.165, 1.54) is 0 Å². The van der Waals surface area contributed by atoms with Crippen molar-refractivity contribution in [1.29, 1.82) is 0 Å². The number of hydrogen-bond acceptors (Lipinski definition) is 7. The van der Waals surface area contributed by atoms with Gasteiger partial charge in [-0.3, -0.25) is 19.2 Å². The Balaban J connectivity index is 2.86. The molecule has 1 heterocycles. The second-order valence-electron chi connectivity index (χ2n) is 8.73. The van der Waals surface area contributed by atoms with Crippen LogP contribution < -0.4 is 21.3 Å². The van der Waals surface area contributed by atoms with Gasteiger partial charge in [0.25, 0.3) is 0 Å². The summed E-state index contributed by atoms with van der Waals surface area (Å²) in [5.74, 6) is -2.50. The van der Waals surface area contributed by atoms with Crippen molar-refractivity contribution in [1.82, 2.24) is 21.3 Å². The summed E-state index contributed by atoms with van der Waals surface area (Å²) in [4.78, 5) is 50.1. The van der Waals surface area contributed by atoms with Gasteiger partial charge in [-0.05, 0) is 24.7 Å². The first kappa shape index (κ1) is 28.8. The van der Waals surface area contributed by atoms with Crippen molar-refractivity contribution in [3.8, 4) is 0 Å². The molecule has 0 spiro atoms. The zero-order chi connectivity index (χ0) is 24.6. The molecule has 4 amide bonds. The molecule has 1 saturated heterocycles. The highest BCUT2D eigenvalue weighted by Crippen LogP contribution is 2.07. The Bertz CT molecular complexity index is 576. The van der Waals surface area contributed by atoms with E-state index in [-0.39, 0.29) is 24.9 Å². The fraction of sp³-hybridized carbons (Fsp3) is 0.818. The minimum Gasteiger partial charge on any atom is -0.377 e. The van der Waals surface area contributed by atoms with Crippen molar-refractivity contribution in [2.45, 2.75) is 52.6 Å². The molecule has 1 aliphatic rings. The first-order valence-corrected chi connectivity index (χ1v) is 11.6. The normalized spacial score (nSPS) is 23.8. The van der Waals surface area contributed by atoms with Gasteiger partial charge < -0.3 is 35.5 Å². The van der Waals surface area contributed by atoms with Gasteiger partial charge >= 0.3 is 11.8 Å². The Morgan fingerprint density at radius 3 is 1.30 bits per heavy atom. The number of amides is 4. The molecule has 1 fully saturated rings. The lowest BCUT2D eigenvalue weighted by Crippen LogP contribution is -2.55. The van der Waals surface area contributed by atoms with Gasteiger partial charge in [0, 0.05) is 13.1 Å². The summed E-state index contributed by atoms with van der Waals surface area (Å²) >= 11 is 0. The van der Waals surface area contributed by atoms with Gasteiger partial charge in [0.1, 0.15) is 12.1 Å². The van der Waals surface area contributed by atoms with Gasteiger partial charge in [-0.2, -0.15) is 0 Å². The third-order valence-corrected chi connectivity index (χ3v) is 4.70. The zero-order valence-corrected chi connectivity index (χ0v) is 20.2. The highest BCUT2D eigenvalue weighted by atomic mass is 16.5. The third kappa shape index (κ3) is 13.2. The summed E-state index contributed by atoms with van der Waals surface area (Å²) in [5.41, 5.74) is 0. The lowest BCUT2D eigenvalue weighted by Gasteiger charge is -2.22. The van der Waals surface area contributed by atoms with Gasteiger partial charge in [0.15, 0.2) is 0 Å². The maximum atomic E-state index is 12.6. The van der Waals surface area contributed by atoms with Crippen LogP contribution in [0.3, 0.4) is 0 Å².